The largest absolute Gasteiger partial charge is 0.497 e. The summed E-state index contributed by atoms with van der Waals surface area (Å²) in [7, 11) is 1.60. The number of benzene rings is 2. The maximum Gasteiger partial charge on any atom is 0.250 e. The molecule has 0 spiro atoms. The zero-order valence-corrected chi connectivity index (χ0v) is 17.5. The summed E-state index contributed by atoms with van der Waals surface area (Å²) in [6, 6.07) is 14.4. The molecule has 0 heterocycles. The Bertz CT molecular complexity index is 875. The normalized spacial score (nSPS) is 10.6. The minimum atomic E-state index is -0.337. The highest BCUT2D eigenvalue weighted by molar-refractivity contribution is 7.80. The van der Waals surface area contributed by atoms with E-state index in [2.05, 4.69) is 16.0 Å². The molecule has 0 radical (unpaired) electrons. The summed E-state index contributed by atoms with van der Waals surface area (Å²) >= 11 is 5.16. The summed E-state index contributed by atoms with van der Waals surface area (Å²) in [5, 5.41) is 8.55. The van der Waals surface area contributed by atoms with Crippen molar-refractivity contribution in [3.05, 3.63) is 60.2 Å². The van der Waals surface area contributed by atoms with Crippen LogP contribution in [-0.4, -0.2) is 24.0 Å². The summed E-state index contributed by atoms with van der Waals surface area (Å²) in [6.07, 6.45) is 3.56. The molecule has 0 bridgehead atoms. The molecular weight excluding hydrogens is 386 g/mol. The zero-order chi connectivity index (χ0) is 21.2. The van der Waals surface area contributed by atoms with Gasteiger partial charge in [-0.3, -0.25) is 14.9 Å². The Morgan fingerprint density at radius 3 is 2.14 bits per heavy atom. The molecule has 7 heteroatoms. The molecule has 0 fully saturated rings. The quantitative estimate of drug-likeness (QED) is 0.470. The lowest BCUT2D eigenvalue weighted by Gasteiger charge is -2.10. The van der Waals surface area contributed by atoms with Crippen molar-refractivity contribution in [2.75, 3.05) is 17.7 Å². The lowest BCUT2D eigenvalue weighted by atomic mass is 10.1. The van der Waals surface area contributed by atoms with Crippen LogP contribution in [0.3, 0.4) is 0 Å². The van der Waals surface area contributed by atoms with Crippen molar-refractivity contribution < 1.29 is 14.3 Å². The molecule has 2 aromatic carbocycles. The number of thiocarbonyl (C=S) groups is 1. The first kappa shape index (κ1) is 22.1. The smallest absolute Gasteiger partial charge is 0.250 e. The third-order valence-corrected chi connectivity index (χ3v) is 4.00. The van der Waals surface area contributed by atoms with Crippen molar-refractivity contribution in [1.82, 2.24) is 5.32 Å². The number of nitrogens with one attached hydrogen (secondary N) is 3. The molecule has 152 valence electrons. The average molecular weight is 412 g/mol. The van der Waals surface area contributed by atoms with E-state index in [1.54, 1.807) is 37.5 Å². The predicted octanol–water partition coefficient (Wildman–Crippen LogP) is 4.21. The highest BCUT2D eigenvalue weighted by atomic mass is 32.1. The first-order valence-electron chi connectivity index (χ1n) is 9.19. The molecule has 0 unspecified atom stereocenters. The SMILES string of the molecule is COc1ccc(/C=C/C(=O)NC(=S)Nc2ccc(NC(=O)CC(C)C)cc2)cc1. The number of amides is 2. The third kappa shape index (κ3) is 8.15. The van der Waals surface area contributed by atoms with Crippen LogP contribution in [0.4, 0.5) is 11.4 Å². The second kappa shape index (κ2) is 11.0. The van der Waals surface area contributed by atoms with Crippen molar-refractivity contribution in [3.8, 4) is 5.75 Å². The van der Waals surface area contributed by atoms with E-state index in [9.17, 15) is 9.59 Å². The van der Waals surface area contributed by atoms with Crippen molar-refractivity contribution in [1.29, 1.82) is 0 Å². The average Bonchev–Trinajstić information content (AvgIpc) is 2.67. The van der Waals surface area contributed by atoms with E-state index in [-0.39, 0.29) is 16.9 Å². The predicted molar refractivity (Wildman–Crippen MR) is 121 cm³/mol. The van der Waals surface area contributed by atoms with Gasteiger partial charge in [0.25, 0.3) is 0 Å². The fourth-order valence-electron chi connectivity index (χ4n) is 2.42. The Hall–Kier alpha value is -3.19. The molecule has 6 nitrogen and oxygen atoms in total. The number of methoxy groups -OCH3 is 1. The molecule has 2 rings (SSSR count). The second-order valence-electron chi connectivity index (χ2n) is 6.77. The topological polar surface area (TPSA) is 79.5 Å². The summed E-state index contributed by atoms with van der Waals surface area (Å²) in [5.41, 5.74) is 2.28. The van der Waals surface area contributed by atoms with E-state index in [0.717, 1.165) is 11.3 Å². The van der Waals surface area contributed by atoms with Crippen LogP contribution in [0, 0.1) is 5.92 Å². The monoisotopic (exact) mass is 411 g/mol. The Kier molecular flexibility index (Phi) is 8.36. The van der Waals surface area contributed by atoms with Crippen LogP contribution >= 0.6 is 12.2 Å². The molecule has 3 N–H and O–H groups in total. The standard InChI is InChI=1S/C22H25N3O3S/c1-15(2)14-21(27)23-17-7-9-18(10-8-17)24-22(29)25-20(26)13-6-16-4-11-19(28-3)12-5-16/h4-13,15H,14H2,1-3H3,(H,23,27)(H2,24,25,26,29)/b13-6+. The van der Waals surface area contributed by atoms with Gasteiger partial charge in [0, 0.05) is 23.9 Å². The molecule has 0 aromatic heterocycles. The number of ether oxygens (including phenoxy) is 1. The zero-order valence-electron chi connectivity index (χ0n) is 16.7. The van der Waals surface area contributed by atoms with E-state index in [4.69, 9.17) is 17.0 Å². The molecular formula is C22H25N3O3S. The minimum Gasteiger partial charge on any atom is -0.497 e. The van der Waals surface area contributed by atoms with Gasteiger partial charge in [0.1, 0.15) is 5.75 Å². The highest BCUT2D eigenvalue weighted by Gasteiger charge is 2.06. The van der Waals surface area contributed by atoms with Crippen LogP contribution in [0.1, 0.15) is 25.8 Å². The number of rotatable bonds is 7. The van der Waals surface area contributed by atoms with Crippen LogP contribution in [-0.2, 0) is 9.59 Å². The second-order valence-corrected chi connectivity index (χ2v) is 7.18. The molecule has 0 atom stereocenters. The fourth-order valence-corrected chi connectivity index (χ4v) is 2.64. The van der Waals surface area contributed by atoms with Gasteiger partial charge in [-0.1, -0.05) is 26.0 Å². The summed E-state index contributed by atoms with van der Waals surface area (Å²) in [6.45, 7) is 3.99. The van der Waals surface area contributed by atoms with Gasteiger partial charge >= 0.3 is 0 Å². The van der Waals surface area contributed by atoms with Crippen LogP contribution in [0.15, 0.2) is 54.6 Å². The molecule has 0 aliphatic rings. The van der Waals surface area contributed by atoms with Crippen LogP contribution in [0.25, 0.3) is 6.08 Å². The Labute approximate surface area is 176 Å². The number of carbonyl (C=O) groups is 2. The Balaban J connectivity index is 1.82. The Morgan fingerprint density at radius 1 is 1.00 bits per heavy atom. The molecule has 0 aliphatic heterocycles. The molecule has 0 aliphatic carbocycles. The van der Waals surface area contributed by atoms with Crippen molar-refractivity contribution in [2.45, 2.75) is 20.3 Å². The van der Waals surface area contributed by atoms with E-state index >= 15 is 0 Å². The van der Waals surface area contributed by atoms with Gasteiger partial charge in [-0.15, -0.1) is 0 Å². The van der Waals surface area contributed by atoms with Crippen LogP contribution < -0.4 is 20.7 Å². The summed E-state index contributed by atoms with van der Waals surface area (Å²) in [4.78, 5) is 23.8. The number of carbonyl (C=O) groups excluding carboxylic acids is 2. The van der Waals surface area contributed by atoms with Crippen molar-refractivity contribution in [3.63, 3.8) is 0 Å². The van der Waals surface area contributed by atoms with Gasteiger partial charge in [0.2, 0.25) is 11.8 Å². The number of anilines is 2. The van der Waals surface area contributed by atoms with Gasteiger partial charge < -0.3 is 15.4 Å². The maximum absolute atomic E-state index is 12.0. The maximum atomic E-state index is 12.0. The minimum absolute atomic E-state index is 0.0212. The van der Waals surface area contributed by atoms with E-state index in [1.165, 1.54) is 6.08 Å². The van der Waals surface area contributed by atoms with Crippen LogP contribution in [0.5, 0.6) is 5.75 Å². The fraction of sp³-hybridized carbons (Fsp3) is 0.227. The van der Waals surface area contributed by atoms with Crippen LogP contribution in [0.2, 0.25) is 0 Å². The molecule has 0 saturated carbocycles. The lowest BCUT2D eigenvalue weighted by Crippen LogP contribution is -2.32. The summed E-state index contributed by atoms with van der Waals surface area (Å²) in [5.74, 6) is 0.696. The number of hydrogen-bond acceptors (Lipinski definition) is 4. The van der Waals surface area contributed by atoms with E-state index in [0.29, 0.717) is 23.7 Å². The first-order valence-corrected chi connectivity index (χ1v) is 9.60. The van der Waals surface area contributed by atoms with Crippen molar-refractivity contribution in [2.24, 2.45) is 5.92 Å². The first-order chi connectivity index (χ1) is 13.9. The summed E-state index contributed by atoms with van der Waals surface area (Å²) < 4.78 is 5.10. The van der Waals surface area contributed by atoms with Gasteiger partial charge in [-0.05, 0) is 66.2 Å². The third-order valence-electron chi connectivity index (χ3n) is 3.80. The molecule has 29 heavy (non-hydrogen) atoms. The van der Waals surface area contributed by atoms with Crippen molar-refractivity contribution >= 4 is 46.6 Å². The lowest BCUT2D eigenvalue weighted by molar-refractivity contribution is -0.117. The molecule has 2 aromatic rings. The van der Waals surface area contributed by atoms with Gasteiger partial charge in [0.15, 0.2) is 5.11 Å². The molecule has 2 amide bonds. The highest BCUT2D eigenvalue weighted by Crippen LogP contribution is 2.15. The van der Waals surface area contributed by atoms with E-state index < -0.39 is 0 Å². The van der Waals surface area contributed by atoms with E-state index in [1.807, 2.05) is 38.1 Å². The van der Waals surface area contributed by atoms with Gasteiger partial charge in [0.05, 0.1) is 7.11 Å². The van der Waals surface area contributed by atoms with Gasteiger partial charge in [-0.2, -0.15) is 0 Å². The van der Waals surface area contributed by atoms with Gasteiger partial charge in [-0.25, -0.2) is 0 Å². The number of hydrogen-bond donors (Lipinski definition) is 3. The Morgan fingerprint density at radius 2 is 1.59 bits per heavy atom. The molecule has 0 saturated heterocycles.